The summed E-state index contributed by atoms with van der Waals surface area (Å²) in [6, 6.07) is 7.27. The lowest BCUT2D eigenvalue weighted by atomic mass is 9.95. The summed E-state index contributed by atoms with van der Waals surface area (Å²) in [5.74, 6) is 0.383. The van der Waals surface area contributed by atoms with Gasteiger partial charge in [0.1, 0.15) is 5.75 Å². The van der Waals surface area contributed by atoms with Gasteiger partial charge in [-0.2, -0.15) is 0 Å². The molecular weight excluding hydrogens is 388 g/mol. The van der Waals surface area contributed by atoms with Gasteiger partial charge in [0.25, 0.3) is 5.91 Å². The number of anilines is 1. The van der Waals surface area contributed by atoms with Crippen LogP contribution in [0.15, 0.2) is 41.8 Å². The van der Waals surface area contributed by atoms with E-state index in [9.17, 15) is 9.59 Å². The third-order valence-corrected chi connectivity index (χ3v) is 6.31. The van der Waals surface area contributed by atoms with Crippen LogP contribution in [0.2, 0.25) is 0 Å². The van der Waals surface area contributed by atoms with Crippen LogP contribution in [0.5, 0.6) is 5.75 Å². The predicted octanol–water partition coefficient (Wildman–Crippen LogP) is 3.37. The minimum Gasteiger partial charge on any atom is -0.484 e. The highest BCUT2D eigenvalue weighted by molar-refractivity contribution is 7.99. The minimum absolute atomic E-state index is 0.0346. The van der Waals surface area contributed by atoms with Crippen molar-refractivity contribution in [3.8, 4) is 5.75 Å². The zero-order valence-electron chi connectivity index (χ0n) is 16.9. The first-order valence-corrected chi connectivity index (χ1v) is 10.9. The van der Waals surface area contributed by atoms with Gasteiger partial charge in [-0.05, 0) is 37.8 Å². The number of imidazole rings is 1. The molecule has 0 atom stereocenters. The number of aryl methyl sites for hydroxylation is 1. The van der Waals surface area contributed by atoms with Gasteiger partial charge in [0, 0.05) is 48.9 Å². The topological polar surface area (TPSA) is 85.2 Å². The number of amides is 2. The van der Waals surface area contributed by atoms with E-state index in [1.807, 2.05) is 35.8 Å². The van der Waals surface area contributed by atoms with E-state index in [2.05, 4.69) is 15.6 Å². The summed E-state index contributed by atoms with van der Waals surface area (Å²) in [5.41, 5.74) is 0.665. The molecule has 29 heavy (non-hydrogen) atoms. The Morgan fingerprint density at radius 2 is 2.03 bits per heavy atom. The number of aromatic nitrogens is 2. The molecule has 0 aliphatic heterocycles. The van der Waals surface area contributed by atoms with E-state index in [0.717, 1.165) is 30.8 Å². The lowest BCUT2D eigenvalue weighted by molar-refractivity contribution is -0.124. The first kappa shape index (κ1) is 21.2. The van der Waals surface area contributed by atoms with Crippen molar-refractivity contribution in [3.05, 3.63) is 36.7 Å². The van der Waals surface area contributed by atoms with Crippen molar-refractivity contribution in [1.29, 1.82) is 0 Å². The molecular formula is C21H28N4O3S. The number of nitrogens with one attached hydrogen (secondary N) is 2. The van der Waals surface area contributed by atoms with E-state index in [1.54, 1.807) is 31.2 Å². The molecule has 0 saturated heterocycles. The Morgan fingerprint density at radius 3 is 2.72 bits per heavy atom. The van der Waals surface area contributed by atoms with Gasteiger partial charge < -0.3 is 19.9 Å². The highest BCUT2D eigenvalue weighted by Gasteiger charge is 2.24. The molecule has 2 aromatic rings. The maximum atomic E-state index is 12.3. The van der Waals surface area contributed by atoms with Gasteiger partial charge in [0.15, 0.2) is 11.8 Å². The molecule has 0 spiro atoms. The fourth-order valence-electron chi connectivity index (χ4n) is 3.27. The Bertz CT molecular complexity index is 831. The van der Waals surface area contributed by atoms with Crippen molar-refractivity contribution in [2.75, 3.05) is 11.9 Å². The smallest absolute Gasteiger partial charge is 0.258 e. The summed E-state index contributed by atoms with van der Waals surface area (Å²) < 4.78 is 7.63. The number of carbonyl (C=O) groups excluding carboxylic acids is 2. The van der Waals surface area contributed by atoms with Crippen LogP contribution >= 0.6 is 11.8 Å². The van der Waals surface area contributed by atoms with Crippen molar-refractivity contribution in [2.45, 2.75) is 55.5 Å². The summed E-state index contributed by atoms with van der Waals surface area (Å²) in [7, 11) is 2.01. The average molecular weight is 417 g/mol. The highest BCUT2D eigenvalue weighted by Crippen LogP contribution is 2.32. The SMILES string of the molecule is CCC(=O)Nc1cccc(OCC(=O)NC2CCC(Sc3nccn3C)CC2)c1. The lowest BCUT2D eigenvalue weighted by Gasteiger charge is -2.28. The fourth-order valence-corrected chi connectivity index (χ4v) is 4.43. The fraction of sp³-hybridized carbons (Fsp3) is 0.476. The monoisotopic (exact) mass is 416 g/mol. The summed E-state index contributed by atoms with van der Waals surface area (Å²) in [4.78, 5) is 28.1. The van der Waals surface area contributed by atoms with Gasteiger partial charge in [-0.3, -0.25) is 9.59 Å². The maximum Gasteiger partial charge on any atom is 0.258 e. The third kappa shape index (κ3) is 6.52. The van der Waals surface area contributed by atoms with Crippen LogP contribution in [0, 0.1) is 0 Å². The van der Waals surface area contributed by atoms with Crippen LogP contribution in [0.4, 0.5) is 5.69 Å². The Hall–Kier alpha value is -2.48. The largest absolute Gasteiger partial charge is 0.484 e. The van der Waals surface area contributed by atoms with Gasteiger partial charge in [-0.15, -0.1) is 0 Å². The molecule has 1 heterocycles. The summed E-state index contributed by atoms with van der Waals surface area (Å²) in [5, 5.41) is 7.44. The van der Waals surface area contributed by atoms with Crippen LogP contribution in [-0.2, 0) is 16.6 Å². The van der Waals surface area contributed by atoms with Crippen molar-refractivity contribution >= 4 is 29.3 Å². The molecule has 2 amide bonds. The second-order valence-electron chi connectivity index (χ2n) is 7.20. The number of benzene rings is 1. The number of carbonyl (C=O) groups is 2. The average Bonchev–Trinajstić information content (AvgIpc) is 3.12. The normalized spacial score (nSPS) is 18.8. The Kier molecular flexibility index (Phi) is 7.57. The van der Waals surface area contributed by atoms with Crippen molar-refractivity contribution in [2.24, 2.45) is 7.05 Å². The van der Waals surface area contributed by atoms with E-state index in [1.165, 1.54) is 0 Å². The zero-order chi connectivity index (χ0) is 20.6. The molecule has 8 heteroatoms. The Labute approximate surface area is 175 Å². The Morgan fingerprint density at radius 1 is 1.24 bits per heavy atom. The molecule has 0 radical (unpaired) electrons. The summed E-state index contributed by atoms with van der Waals surface area (Å²) >= 11 is 1.82. The number of hydrogen-bond donors (Lipinski definition) is 2. The third-order valence-electron chi connectivity index (χ3n) is 4.90. The van der Waals surface area contributed by atoms with Gasteiger partial charge in [-0.25, -0.2) is 4.98 Å². The summed E-state index contributed by atoms with van der Waals surface area (Å²) in [6.45, 7) is 1.76. The molecule has 156 valence electrons. The first-order chi connectivity index (χ1) is 14.0. The van der Waals surface area contributed by atoms with Gasteiger partial charge >= 0.3 is 0 Å². The number of rotatable bonds is 8. The molecule has 1 fully saturated rings. The van der Waals surface area contributed by atoms with E-state index < -0.39 is 0 Å². The van der Waals surface area contributed by atoms with Crippen molar-refractivity contribution in [3.63, 3.8) is 0 Å². The molecule has 7 nitrogen and oxygen atoms in total. The van der Waals surface area contributed by atoms with Gasteiger partial charge in [-0.1, -0.05) is 24.8 Å². The molecule has 0 unspecified atom stereocenters. The molecule has 3 rings (SSSR count). The summed E-state index contributed by atoms with van der Waals surface area (Å²) in [6.07, 6.45) is 8.24. The molecule has 0 bridgehead atoms. The maximum absolute atomic E-state index is 12.3. The molecule has 1 aliphatic rings. The van der Waals surface area contributed by atoms with Crippen LogP contribution in [0.1, 0.15) is 39.0 Å². The van der Waals surface area contributed by atoms with Gasteiger partial charge in [0.05, 0.1) is 0 Å². The number of thioether (sulfide) groups is 1. The molecule has 1 aliphatic carbocycles. The number of hydrogen-bond acceptors (Lipinski definition) is 5. The minimum atomic E-state index is -0.117. The molecule has 1 saturated carbocycles. The van der Waals surface area contributed by atoms with Crippen LogP contribution in [0.3, 0.4) is 0 Å². The predicted molar refractivity (Wildman–Crippen MR) is 114 cm³/mol. The second kappa shape index (κ2) is 10.3. The van der Waals surface area contributed by atoms with Crippen LogP contribution < -0.4 is 15.4 Å². The molecule has 1 aromatic carbocycles. The molecule has 2 N–H and O–H groups in total. The highest BCUT2D eigenvalue weighted by atomic mass is 32.2. The van der Waals surface area contributed by atoms with E-state index in [4.69, 9.17) is 4.74 Å². The zero-order valence-corrected chi connectivity index (χ0v) is 17.7. The number of ether oxygens (including phenoxy) is 1. The number of nitrogens with zero attached hydrogens (tertiary/aromatic N) is 2. The van der Waals surface area contributed by atoms with Crippen LogP contribution in [0.25, 0.3) is 0 Å². The first-order valence-electron chi connectivity index (χ1n) is 9.99. The van der Waals surface area contributed by atoms with Crippen LogP contribution in [-0.4, -0.2) is 39.3 Å². The standard InChI is InChI=1S/C21H28N4O3S/c1-3-19(26)24-16-5-4-6-17(13-16)28-14-20(27)23-15-7-9-18(10-8-15)29-21-22-11-12-25(21)2/h4-6,11-13,15,18H,3,7-10,14H2,1-2H3,(H,23,27)(H,24,26). The van der Waals surface area contributed by atoms with E-state index in [0.29, 0.717) is 23.1 Å². The Balaban J connectivity index is 1.39. The second-order valence-corrected chi connectivity index (χ2v) is 8.47. The van der Waals surface area contributed by atoms with E-state index in [-0.39, 0.29) is 24.5 Å². The quantitative estimate of drug-likeness (QED) is 0.689. The van der Waals surface area contributed by atoms with E-state index >= 15 is 0 Å². The van der Waals surface area contributed by atoms with Crippen molar-refractivity contribution in [1.82, 2.24) is 14.9 Å². The van der Waals surface area contributed by atoms with Gasteiger partial charge in [0.2, 0.25) is 5.91 Å². The molecule has 1 aromatic heterocycles. The van der Waals surface area contributed by atoms with Crippen molar-refractivity contribution < 1.29 is 14.3 Å². The lowest BCUT2D eigenvalue weighted by Crippen LogP contribution is -2.40.